The molecule has 1 aromatic carbocycles. The molecule has 1 N–H and O–H groups in total. The third kappa shape index (κ3) is 4.07. The van der Waals surface area contributed by atoms with Gasteiger partial charge in [-0.3, -0.25) is 18.7 Å². The first-order valence-electron chi connectivity index (χ1n) is 8.30. The predicted octanol–water partition coefficient (Wildman–Crippen LogP) is 1.96. The second kappa shape index (κ2) is 7.09. The highest BCUT2D eigenvalue weighted by molar-refractivity contribution is 5.82. The molecule has 0 aliphatic carbocycles. The topological polar surface area (TPSA) is 73.1 Å². The summed E-state index contributed by atoms with van der Waals surface area (Å²) in [7, 11) is 0. The summed E-state index contributed by atoms with van der Waals surface area (Å²) in [5, 5.41) is 3.25. The van der Waals surface area contributed by atoms with Gasteiger partial charge in [-0.05, 0) is 45.7 Å². The summed E-state index contributed by atoms with van der Waals surface area (Å²) in [4.78, 5) is 37.9. The number of rotatable bonds is 5. The smallest absolute Gasteiger partial charge is 0.331 e. The Balaban J connectivity index is 2.66. The molecule has 6 heteroatoms. The van der Waals surface area contributed by atoms with Crippen LogP contribution in [-0.2, 0) is 17.9 Å². The molecular weight excluding hydrogens is 318 g/mol. The minimum atomic E-state index is -0.478. The number of hydrogen-bond donors (Lipinski definition) is 1. The fraction of sp³-hybridized carbons (Fsp3) is 0.421. The number of nitrogens with one attached hydrogen (secondary N) is 1. The average molecular weight is 343 g/mol. The van der Waals surface area contributed by atoms with Crippen LogP contribution in [0.2, 0.25) is 0 Å². The van der Waals surface area contributed by atoms with Crippen molar-refractivity contribution in [2.45, 2.75) is 52.7 Å². The van der Waals surface area contributed by atoms with Crippen molar-refractivity contribution in [3.63, 3.8) is 0 Å². The molecule has 1 amide bonds. The van der Waals surface area contributed by atoms with Crippen molar-refractivity contribution >= 4 is 16.8 Å². The first-order chi connectivity index (χ1) is 11.7. The number of carbonyl (C=O) groups is 1. The van der Waals surface area contributed by atoms with Gasteiger partial charge < -0.3 is 5.32 Å². The third-order valence-corrected chi connectivity index (χ3v) is 3.84. The quantitative estimate of drug-likeness (QED) is 0.844. The van der Waals surface area contributed by atoms with E-state index in [1.54, 1.807) is 12.1 Å². The van der Waals surface area contributed by atoms with E-state index in [1.807, 2.05) is 39.8 Å². The highest BCUT2D eigenvalue weighted by atomic mass is 16.2. The molecule has 134 valence electrons. The first kappa shape index (κ1) is 18.7. The molecule has 25 heavy (non-hydrogen) atoms. The van der Waals surface area contributed by atoms with Gasteiger partial charge in [0.2, 0.25) is 5.91 Å². The SMILES string of the molecule is C=CCCn1c(=O)n(CC(=O)NC(C)(C)C)c(=O)c2c(C)cccc21. The molecule has 0 saturated carbocycles. The lowest BCUT2D eigenvalue weighted by molar-refractivity contribution is -0.123. The Morgan fingerprint density at radius 3 is 2.52 bits per heavy atom. The minimum absolute atomic E-state index is 0.298. The molecule has 1 aromatic heterocycles. The van der Waals surface area contributed by atoms with E-state index >= 15 is 0 Å². The number of nitrogens with zero attached hydrogens (tertiary/aromatic N) is 2. The Bertz CT molecular complexity index is 930. The van der Waals surface area contributed by atoms with Crippen molar-refractivity contribution in [2.75, 3.05) is 0 Å². The number of aromatic nitrogens is 2. The van der Waals surface area contributed by atoms with Gasteiger partial charge in [0.25, 0.3) is 5.56 Å². The fourth-order valence-electron chi connectivity index (χ4n) is 2.80. The fourth-order valence-corrected chi connectivity index (χ4v) is 2.80. The van der Waals surface area contributed by atoms with Crippen LogP contribution in [0, 0.1) is 6.92 Å². The van der Waals surface area contributed by atoms with Crippen molar-refractivity contribution in [1.82, 2.24) is 14.5 Å². The van der Waals surface area contributed by atoms with E-state index in [2.05, 4.69) is 11.9 Å². The Kier molecular flexibility index (Phi) is 5.30. The number of allylic oxidation sites excluding steroid dienone is 1. The van der Waals surface area contributed by atoms with E-state index in [4.69, 9.17) is 0 Å². The van der Waals surface area contributed by atoms with Gasteiger partial charge in [-0.25, -0.2) is 4.79 Å². The molecule has 0 spiro atoms. The molecule has 0 saturated heterocycles. The monoisotopic (exact) mass is 343 g/mol. The van der Waals surface area contributed by atoms with Crippen LogP contribution in [0.1, 0.15) is 32.8 Å². The number of fused-ring (bicyclic) bond motifs is 1. The lowest BCUT2D eigenvalue weighted by atomic mass is 10.1. The molecule has 0 fully saturated rings. The third-order valence-electron chi connectivity index (χ3n) is 3.84. The molecule has 0 aliphatic heterocycles. The summed E-state index contributed by atoms with van der Waals surface area (Å²) in [6.45, 7) is 11.2. The van der Waals surface area contributed by atoms with Crippen LogP contribution in [0.15, 0.2) is 40.4 Å². The number of benzene rings is 1. The van der Waals surface area contributed by atoms with Crippen LogP contribution in [0.25, 0.3) is 10.9 Å². The zero-order valence-corrected chi connectivity index (χ0v) is 15.3. The number of carbonyl (C=O) groups excluding carboxylic acids is 1. The Labute approximate surface area is 146 Å². The number of aryl methyl sites for hydroxylation is 2. The molecule has 2 rings (SSSR count). The zero-order chi connectivity index (χ0) is 18.8. The van der Waals surface area contributed by atoms with Gasteiger partial charge in [-0.15, -0.1) is 6.58 Å². The number of hydrogen-bond acceptors (Lipinski definition) is 3. The molecule has 0 unspecified atom stereocenters. The second-order valence-electron chi connectivity index (χ2n) is 7.17. The van der Waals surface area contributed by atoms with Crippen molar-refractivity contribution < 1.29 is 4.79 Å². The first-order valence-corrected chi connectivity index (χ1v) is 8.30. The molecule has 0 bridgehead atoms. The summed E-state index contributed by atoms with van der Waals surface area (Å²) >= 11 is 0. The summed E-state index contributed by atoms with van der Waals surface area (Å²) < 4.78 is 2.55. The maximum absolute atomic E-state index is 12.8. The van der Waals surface area contributed by atoms with Gasteiger partial charge in [-0.2, -0.15) is 0 Å². The highest BCUT2D eigenvalue weighted by Crippen LogP contribution is 2.13. The molecule has 0 radical (unpaired) electrons. The van der Waals surface area contributed by atoms with Gasteiger partial charge in [-0.1, -0.05) is 18.2 Å². The Hall–Kier alpha value is -2.63. The molecule has 0 aliphatic rings. The van der Waals surface area contributed by atoms with E-state index < -0.39 is 16.8 Å². The summed E-state index contributed by atoms with van der Waals surface area (Å²) in [6, 6.07) is 5.40. The normalized spacial score (nSPS) is 11.5. The minimum Gasteiger partial charge on any atom is -0.350 e. The van der Waals surface area contributed by atoms with E-state index in [1.165, 1.54) is 4.57 Å². The van der Waals surface area contributed by atoms with Crippen LogP contribution in [0.4, 0.5) is 0 Å². The van der Waals surface area contributed by atoms with Gasteiger partial charge >= 0.3 is 5.69 Å². The summed E-state index contributed by atoms with van der Waals surface area (Å²) in [5.74, 6) is -0.366. The van der Waals surface area contributed by atoms with E-state index in [9.17, 15) is 14.4 Å². The zero-order valence-electron chi connectivity index (χ0n) is 15.3. The van der Waals surface area contributed by atoms with Gasteiger partial charge in [0.15, 0.2) is 0 Å². The molecule has 0 atom stereocenters. The van der Waals surface area contributed by atoms with Crippen molar-refractivity contribution in [3.05, 3.63) is 57.3 Å². The van der Waals surface area contributed by atoms with Crippen LogP contribution in [0.5, 0.6) is 0 Å². The van der Waals surface area contributed by atoms with Crippen molar-refractivity contribution in [3.8, 4) is 0 Å². The largest absolute Gasteiger partial charge is 0.350 e. The van der Waals surface area contributed by atoms with E-state index in [0.717, 1.165) is 10.1 Å². The van der Waals surface area contributed by atoms with Gasteiger partial charge in [0.1, 0.15) is 6.54 Å². The van der Waals surface area contributed by atoms with Crippen molar-refractivity contribution in [2.24, 2.45) is 0 Å². The van der Waals surface area contributed by atoms with Gasteiger partial charge in [0, 0.05) is 12.1 Å². The maximum Gasteiger partial charge on any atom is 0.331 e. The van der Waals surface area contributed by atoms with Crippen molar-refractivity contribution in [1.29, 1.82) is 0 Å². The standard InChI is InChI=1S/C19H25N3O3/c1-6-7-11-21-14-10-8-9-13(2)16(14)17(24)22(18(21)25)12-15(23)20-19(3,4)5/h6,8-10H,1,7,11-12H2,2-5H3,(H,20,23). The number of amides is 1. The molecule has 2 aromatic rings. The van der Waals surface area contributed by atoms with E-state index in [-0.39, 0.29) is 12.5 Å². The molecule has 1 heterocycles. The lowest BCUT2D eigenvalue weighted by Crippen LogP contribution is -2.47. The van der Waals surface area contributed by atoms with Crippen LogP contribution < -0.4 is 16.6 Å². The summed E-state index contributed by atoms with van der Waals surface area (Å²) in [5.41, 5.74) is 0.0187. The maximum atomic E-state index is 12.8. The van der Waals surface area contributed by atoms with Crippen LogP contribution >= 0.6 is 0 Å². The Morgan fingerprint density at radius 2 is 1.92 bits per heavy atom. The van der Waals surface area contributed by atoms with Gasteiger partial charge in [0.05, 0.1) is 10.9 Å². The molecule has 6 nitrogen and oxygen atoms in total. The average Bonchev–Trinajstić information content (AvgIpc) is 2.49. The van der Waals surface area contributed by atoms with E-state index in [0.29, 0.717) is 23.9 Å². The second-order valence-corrected chi connectivity index (χ2v) is 7.17. The lowest BCUT2D eigenvalue weighted by Gasteiger charge is -2.21. The predicted molar refractivity (Wildman–Crippen MR) is 99.9 cm³/mol. The van der Waals surface area contributed by atoms with Crippen LogP contribution in [0.3, 0.4) is 0 Å². The Morgan fingerprint density at radius 1 is 1.24 bits per heavy atom. The summed E-state index contributed by atoms with van der Waals surface area (Å²) in [6.07, 6.45) is 2.31. The molecular formula is C19H25N3O3. The highest BCUT2D eigenvalue weighted by Gasteiger charge is 2.19. The van der Waals surface area contributed by atoms with Crippen LogP contribution in [-0.4, -0.2) is 20.6 Å².